The molecular weight excluding hydrogens is 576 g/mol. The first-order chi connectivity index (χ1) is 21.9. The van der Waals surface area contributed by atoms with Gasteiger partial charge in [0.1, 0.15) is 6.54 Å². The van der Waals surface area contributed by atoms with Crippen LogP contribution in [-0.2, 0) is 16.1 Å². The van der Waals surface area contributed by atoms with Gasteiger partial charge in [0.25, 0.3) is 5.91 Å². The van der Waals surface area contributed by atoms with Crippen LogP contribution in [0.2, 0.25) is 0 Å². The number of carbonyl (C=O) groups is 3. The van der Waals surface area contributed by atoms with Crippen molar-refractivity contribution >= 4 is 28.6 Å². The van der Waals surface area contributed by atoms with E-state index in [2.05, 4.69) is 15.4 Å². The highest BCUT2D eigenvalue weighted by atomic mass is 16.5. The molecule has 4 bridgehead atoms. The summed E-state index contributed by atoms with van der Waals surface area (Å²) in [6.07, 6.45) is 3.77. The van der Waals surface area contributed by atoms with Gasteiger partial charge in [-0.15, -0.1) is 0 Å². The average molecular weight is 611 g/mol. The Labute approximate surface area is 259 Å². The lowest BCUT2D eigenvalue weighted by Crippen LogP contribution is -2.50. The number of aromatic nitrogens is 3. The van der Waals surface area contributed by atoms with Crippen LogP contribution in [0, 0.1) is 5.41 Å². The van der Waals surface area contributed by atoms with Gasteiger partial charge in [-0.25, -0.2) is 4.98 Å². The van der Waals surface area contributed by atoms with E-state index in [0.29, 0.717) is 62.2 Å². The number of hydrogen-bond acceptors (Lipinski definition) is 8. The molecule has 12 nitrogen and oxygen atoms in total. The maximum atomic E-state index is 13.7. The third-order valence-corrected chi connectivity index (χ3v) is 9.01. The topological polar surface area (TPSA) is 128 Å². The molecule has 12 heteroatoms. The normalized spacial score (nSPS) is 21.4. The van der Waals surface area contributed by atoms with Gasteiger partial charge in [0.15, 0.2) is 11.5 Å². The molecule has 3 amide bonds. The van der Waals surface area contributed by atoms with Gasteiger partial charge >= 0.3 is 0 Å². The van der Waals surface area contributed by atoms with Gasteiger partial charge in [-0.05, 0) is 24.6 Å². The molecule has 1 spiro atoms. The van der Waals surface area contributed by atoms with E-state index in [4.69, 9.17) is 14.2 Å². The molecule has 0 aliphatic carbocycles. The van der Waals surface area contributed by atoms with Gasteiger partial charge in [-0.3, -0.25) is 19.1 Å². The fourth-order valence-corrected chi connectivity index (χ4v) is 6.67. The third kappa shape index (κ3) is 5.41. The summed E-state index contributed by atoms with van der Waals surface area (Å²) in [6.45, 7) is 2.07. The van der Waals surface area contributed by atoms with Crippen LogP contribution in [-0.4, -0.2) is 95.3 Å². The van der Waals surface area contributed by atoms with Crippen molar-refractivity contribution in [3.8, 4) is 17.4 Å². The maximum Gasteiger partial charge on any atom is 0.254 e. The first-order valence-corrected chi connectivity index (χ1v) is 15.1. The van der Waals surface area contributed by atoms with Crippen LogP contribution < -0.4 is 19.5 Å². The van der Waals surface area contributed by atoms with E-state index in [0.717, 1.165) is 16.5 Å². The molecule has 4 aliphatic rings. The molecule has 2 aromatic heterocycles. The van der Waals surface area contributed by atoms with E-state index < -0.39 is 5.41 Å². The molecule has 2 atom stereocenters. The number of para-hydroxylation sites is 2. The quantitative estimate of drug-likeness (QED) is 0.374. The highest BCUT2D eigenvalue weighted by molar-refractivity contribution is 5.96. The van der Waals surface area contributed by atoms with Gasteiger partial charge in [-0.2, -0.15) is 5.10 Å². The van der Waals surface area contributed by atoms with Crippen molar-refractivity contribution in [1.29, 1.82) is 0 Å². The number of nitrogens with one attached hydrogen (secondary N) is 1. The van der Waals surface area contributed by atoms with Gasteiger partial charge in [0, 0.05) is 66.3 Å². The Morgan fingerprint density at radius 1 is 1.11 bits per heavy atom. The van der Waals surface area contributed by atoms with Gasteiger partial charge in [-0.1, -0.05) is 30.3 Å². The lowest BCUT2D eigenvalue weighted by molar-refractivity contribution is -0.131. The summed E-state index contributed by atoms with van der Waals surface area (Å²) in [5.74, 6) is 0.890. The Kier molecular flexibility index (Phi) is 7.48. The fourth-order valence-electron chi connectivity index (χ4n) is 6.67. The monoisotopic (exact) mass is 610 g/mol. The minimum atomic E-state index is -0.569. The van der Waals surface area contributed by atoms with Crippen LogP contribution in [0.5, 0.6) is 17.4 Å². The molecule has 0 unspecified atom stereocenters. The zero-order valence-corrected chi connectivity index (χ0v) is 25.0. The second-order valence-corrected chi connectivity index (χ2v) is 11.8. The number of ether oxygens (including phenoxy) is 3. The van der Waals surface area contributed by atoms with Crippen LogP contribution in [0.3, 0.4) is 0 Å². The molecule has 6 heterocycles. The van der Waals surface area contributed by atoms with Crippen LogP contribution >= 0.6 is 0 Å². The van der Waals surface area contributed by atoms with E-state index in [-0.39, 0.29) is 43.3 Å². The van der Waals surface area contributed by atoms with Gasteiger partial charge < -0.3 is 29.3 Å². The Balaban J connectivity index is 1.15. The standard InChI is InChI=1S/C33H34N6O6/c1-43-29-14-22(10-11-34-29)32(42)37-12-5-13-44-27-9-4-7-24-25-16-38(20-33(25,21-45-31(24)27)19-35-28(40)17-37)30(41)18-39-26-8-3-2-6-23(26)15-36-39/h2-4,6-11,14-15,25H,5,12-13,16-21H2,1H3,(H,35,40)/t25-,33+/m0/s1. The summed E-state index contributed by atoms with van der Waals surface area (Å²) in [5.41, 5.74) is 1.68. The number of pyridine rings is 1. The molecule has 45 heavy (non-hydrogen) atoms. The maximum absolute atomic E-state index is 13.7. The molecule has 232 valence electrons. The number of fused-ring (bicyclic) bond motifs is 10. The predicted molar refractivity (Wildman–Crippen MR) is 163 cm³/mol. The molecular formula is C33H34N6O6. The fraction of sp³-hybridized carbons (Fsp3) is 0.364. The summed E-state index contributed by atoms with van der Waals surface area (Å²) in [5, 5.41) is 8.51. The Morgan fingerprint density at radius 2 is 2.00 bits per heavy atom. The first-order valence-electron chi connectivity index (χ1n) is 15.1. The first kappa shape index (κ1) is 28.6. The molecule has 4 aliphatic heterocycles. The molecule has 4 aromatic rings. The van der Waals surface area contributed by atoms with Crippen molar-refractivity contribution in [3.63, 3.8) is 0 Å². The lowest BCUT2D eigenvalue weighted by atomic mass is 9.73. The van der Waals surface area contributed by atoms with Crippen molar-refractivity contribution in [3.05, 3.63) is 78.1 Å². The van der Waals surface area contributed by atoms with Crippen molar-refractivity contribution in [2.75, 3.05) is 53.0 Å². The smallest absolute Gasteiger partial charge is 0.254 e. The molecule has 8 rings (SSSR count). The van der Waals surface area contributed by atoms with Crippen molar-refractivity contribution in [2.24, 2.45) is 5.41 Å². The number of carbonyl (C=O) groups excluding carboxylic acids is 3. The van der Waals surface area contributed by atoms with Gasteiger partial charge in [0.2, 0.25) is 17.7 Å². The number of hydrogen-bond donors (Lipinski definition) is 1. The zero-order chi connectivity index (χ0) is 31.0. The second-order valence-electron chi connectivity index (χ2n) is 11.8. The molecule has 1 fully saturated rings. The van der Waals surface area contributed by atoms with E-state index in [1.54, 1.807) is 23.0 Å². The van der Waals surface area contributed by atoms with E-state index in [1.165, 1.54) is 18.2 Å². The third-order valence-electron chi connectivity index (χ3n) is 9.01. The summed E-state index contributed by atoms with van der Waals surface area (Å²) in [4.78, 5) is 48.1. The number of nitrogens with zero attached hydrogens (tertiary/aromatic N) is 5. The van der Waals surface area contributed by atoms with Crippen molar-refractivity contribution < 1.29 is 28.6 Å². The number of methoxy groups -OCH3 is 1. The summed E-state index contributed by atoms with van der Waals surface area (Å²) < 4.78 is 19.5. The molecule has 1 N–H and O–H groups in total. The lowest BCUT2D eigenvalue weighted by Gasteiger charge is -2.40. The van der Waals surface area contributed by atoms with Crippen molar-refractivity contribution in [2.45, 2.75) is 18.9 Å². The minimum Gasteiger partial charge on any atom is -0.490 e. The number of rotatable bonds is 4. The zero-order valence-electron chi connectivity index (χ0n) is 25.0. The van der Waals surface area contributed by atoms with Crippen LogP contribution in [0.1, 0.15) is 28.3 Å². The SMILES string of the molecule is COc1cc(C(=O)N2CCCOc3cccc4c3OC[C@@]3(CNC(=O)C2)CN(C(=O)Cn2ncc5ccccc52)C[C@@H]43)ccn1. The van der Waals surface area contributed by atoms with Crippen LogP contribution in [0.25, 0.3) is 10.9 Å². The number of amides is 3. The molecule has 0 radical (unpaired) electrons. The Hall–Kier alpha value is -5.13. The second kappa shape index (κ2) is 11.8. The van der Waals surface area contributed by atoms with Crippen LogP contribution in [0.15, 0.2) is 67.0 Å². The minimum absolute atomic E-state index is 0.0552. The predicted octanol–water partition coefficient (Wildman–Crippen LogP) is 2.49. The molecule has 2 aromatic carbocycles. The van der Waals surface area contributed by atoms with E-state index in [9.17, 15) is 14.4 Å². The highest BCUT2D eigenvalue weighted by Crippen LogP contribution is 2.52. The summed E-state index contributed by atoms with van der Waals surface area (Å²) >= 11 is 0. The van der Waals surface area contributed by atoms with E-state index in [1.807, 2.05) is 47.4 Å². The largest absolute Gasteiger partial charge is 0.490 e. The summed E-state index contributed by atoms with van der Waals surface area (Å²) in [6, 6.07) is 16.8. The Bertz CT molecular complexity index is 1770. The van der Waals surface area contributed by atoms with Crippen LogP contribution in [0.4, 0.5) is 0 Å². The molecule has 1 saturated heterocycles. The number of likely N-dealkylation sites (tertiary alicyclic amines) is 1. The van der Waals surface area contributed by atoms with Crippen molar-refractivity contribution in [1.82, 2.24) is 29.9 Å². The van der Waals surface area contributed by atoms with E-state index >= 15 is 0 Å². The highest BCUT2D eigenvalue weighted by Gasteiger charge is 2.53. The average Bonchev–Trinajstić information content (AvgIpc) is 3.67. The Morgan fingerprint density at radius 3 is 2.89 bits per heavy atom. The van der Waals surface area contributed by atoms with Gasteiger partial charge in [0.05, 0.1) is 38.6 Å². The summed E-state index contributed by atoms with van der Waals surface area (Å²) in [7, 11) is 1.49. The molecule has 0 saturated carbocycles. The number of benzene rings is 2.